The quantitative estimate of drug-likeness (QED) is 0.686. The van der Waals surface area contributed by atoms with E-state index in [-0.39, 0.29) is 0 Å². The maximum Gasteiger partial charge on any atom is 0.0625 e. The summed E-state index contributed by atoms with van der Waals surface area (Å²) < 4.78 is 0. The molecule has 0 aromatic heterocycles. The molecule has 2 heteroatoms. The number of nitriles is 1. The summed E-state index contributed by atoms with van der Waals surface area (Å²) in [4.78, 5) is 0. The molecular formula is C16H24N2. The largest absolute Gasteiger partial charge is 0.385 e. The van der Waals surface area contributed by atoms with Gasteiger partial charge in [-0.1, -0.05) is 38.3 Å². The van der Waals surface area contributed by atoms with Crippen molar-refractivity contribution in [1.82, 2.24) is 0 Å². The minimum atomic E-state index is 0.593. The molecule has 0 heterocycles. The third kappa shape index (κ3) is 4.79. The Balaban J connectivity index is 2.53. The van der Waals surface area contributed by atoms with Gasteiger partial charge in [-0.25, -0.2) is 0 Å². The van der Waals surface area contributed by atoms with Crippen molar-refractivity contribution in [2.24, 2.45) is 0 Å². The molecule has 0 amide bonds. The lowest BCUT2D eigenvalue weighted by Crippen LogP contribution is -2.05. The molecule has 98 valence electrons. The molecular weight excluding hydrogens is 220 g/mol. The number of aryl methyl sites for hydroxylation is 1. The van der Waals surface area contributed by atoms with Crippen LogP contribution in [0.3, 0.4) is 0 Å². The topological polar surface area (TPSA) is 35.8 Å². The van der Waals surface area contributed by atoms with E-state index < -0.39 is 0 Å². The van der Waals surface area contributed by atoms with Gasteiger partial charge in [-0.05, 0) is 37.0 Å². The predicted octanol–water partition coefficient (Wildman–Crippen LogP) is 4.44. The van der Waals surface area contributed by atoms with Crippen molar-refractivity contribution in [3.63, 3.8) is 0 Å². The normalized spacial score (nSPS) is 10.1. The Morgan fingerprint density at radius 2 is 2.06 bits per heavy atom. The molecule has 0 spiro atoms. The van der Waals surface area contributed by atoms with E-state index in [4.69, 9.17) is 5.26 Å². The highest BCUT2D eigenvalue weighted by molar-refractivity contribution is 5.54. The summed E-state index contributed by atoms with van der Waals surface area (Å²) in [7, 11) is 0. The summed E-state index contributed by atoms with van der Waals surface area (Å²) in [5.41, 5.74) is 3.79. The van der Waals surface area contributed by atoms with E-state index in [9.17, 15) is 0 Å². The van der Waals surface area contributed by atoms with E-state index in [1.165, 1.54) is 42.5 Å². The number of hydrogen-bond donors (Lipinski definition) is 1. The number of nitrogens with zero attached hydrogens (tertiary/aromatic N) is 1. The molecule has 0 saturated carbocycles. The van der Waals surface area contributed by atoms with E-state index in [1.807, 2.05) is 0 Å². The molecule has 0 aliphatic carbocycles. The lowest BCUT2D eigenvalue weighted by atomic mass is 10.0. The fourth-order valence-electron chi connectivity index (χ4n) is 2.16. The zero-order valence-electron chi connectivity index (χ0n) is 11.6. The molecule has 0 unspecified atom stereocenters. The minimum Gasteiger partial charge on any atom is -0.385 e. The Morgan fingerprint density at radius 1 is 1.22 bits per heavy atom. The first-order chi connectivity index (χ1) is 8.79. The lowest BCUT2D eigenvalue weighted by molar-refractivity contribution is 0.684. The van der Waals surface area contributed by atoms with Gasteiger partial charge in [0.2, 0.25) is 0 Å². The second-order valence-corrected chi connectivity index (χ2v) is 4.75. The zero-order chi connectivity index (χ0) is 13.2. The number of rotatable bonds is 8. The van der Waals surface area contributed by atoms with E-state index in [2.05, 4.69) is 43.4 Å². The molecule has 0 aliphatic heterocycles. The summed E-state index contributed by atoms with van der Waals surface area (Å²) in [5.74, 6) is 0. The molecule has 0 aliphatic rings. The van der Waals surface area contributed by atoms with Gasteiger partial charge >= 0.3 is 0 Å². The van der Waals surface area contributed by atoms with Crippen LogP contribution in [0.5, 0.6) is 0 Å². The Morgan fingerprint density at radius 3 is 2.78 bits per heavy atom. The number of nitrogens with one attached hydrogen (secondary N) is 1. The number of anilines is 1. The molecule has 0 bridgehead atoms. The minimum absolute atomic E-state index is 0.593. The van der Waals surface area contributed by atoms with Crippen LogP contribution in [0.15, 0.2) is 18.2 Å². The predicted molar refractivity (Wildman–Crippen MR) is 77.7 cm³/mol. The van der Waals surface area contributed by atoms with Crippen LogP contribution in [0.25, 0.3) is 0 Å². The van der Waals surface area contributed by atoms with Crippen molar-refractivity contribution in [2.45, 2.75) is 52.4 Å². The summed E-state index contributed by atoms with van der Waals surface area (Å²) >= 11 is 0. The summed E-state index contributed by atoms with van der Waals surface area (Å²) in [5, 5.41) is 12.2. The van der Waals surface area contributed by atoms with Crippen LogP contribution in [0.1, 0.15) is 50.2 Å². The third-order valence-corrected chi connectivity index (χ3v) is 3.24. The van der Waals surface area contributed by atoms with Crippen molar-refractivity contribution in [1.29, 1.82) is 5.26 Å². The van der Waals surface area contributed by atoms with Crippen LogP contribution in [0, 0.1) is 18.3 Å². The Labute approximate surface area is 111 Å². The van der Waals surface area contributed by atoms with Gasteiger partial charge in [0.25, 0.3) is 0 Å². The van der Waals surface area contributed by atoms with Crippen LogP contribution >= 0.6 is 0 Å². The van der Waals surface area contributed by atoms with Gasteiger partial charge in [0.05, 0.1) is 6.07 Å². The maximum absolute atomic E-state index is 8.71. The van der Waals surface area contributed by atoms with Crippen LogP contribution < -0.4 is 5.32 Å². The number of hydrogen-bond acceptors (Lipinski definition) is 2. The molecule has 0 atom stereocenters. The van der Waals surface area contributed by atoms with Crippen LogP contribution in [-0.2, 0) is 6.42 Å². The Kier molecular flexibility index (Phi) is 6.94. The standard InChI is InChI=1S/C16H24N2/c1-3-4-5-6-13-18-16-11-7-9-14(2)15(16)10-8-12-17/h7,9,11,18H,3-6,8,10,13H2,1-2H3. The van der Waals surface area contributed by atoms with E-state index in [1.54, 1.807) is 0 Å². The fraction of sp³-hybridized carbons (Fsp3) is 0.562. The van der Waals surface area contributed by atoms with Crippen molar-refractivity contribution < 1.29 is 0 Å². The smallest absolute Gasteiger partial charge is 0.0625 e. The lowest BCUT2D eigenvalue weighted by Gasteiger charge is -2.13. The molecule has 1 rings (SSSR count). The fourth-order valence-corrected chi connectivity index (χ4v) is 2.16. The summed E-state index contributed by atoms with van der Waals surface area (Å²) in [6.07, 6.45) is 6.55. The first-order valence-corrected chi connectivity index (χ1v) is 6.99. The molecule has 1 N–H and O–H groups in total. The average molecular weight is 244 g/mol. The molecule has 1 aromatic rings. The number of unbranched alkanes of at least 4 members (excludes halogenated alkanes) is 3. The highest BCUT2D eigenvalue weighted by atomic mass is 14.9. The zero-order valence-corrected chi connectivity index (χ0v) is 11.6. The van der Waals surface area contributed by atoms with Crippen LogP contribution in [0.4, 0.5) is 5.69 Å². The molecule has 2 nitrogen and oxygen atoms in total. The highest BCUT2D eigenvalue weighted by Gasteiger charge is 2.04. The van der Waals surface area contributed by atoms with Crippen molar-refractivity contribution in [3.05, 3.63) is 29.3 Å². The average Bonchev–Trinajstić information content (AvgIpc) is 2.38. The van der Waals surface area contributed by atoms with Gasteiger partial charge in [0.15, 0.2) is 0 Å². The monoisotopic (exact) mass is 244 g/mol. The maximum atomic E-state index is 8.71. The van der Waals surface area contributed by atoms with Gasteiger partial charge < -0.3 is 5.32 Å². The molecule has 0 radical (unpaired) electrons. The van der Waals surface area contributed by atoms with E-state index >= 15 is 0 Å². The van der Waals surface area contributed by atoms with Gasteiger partial charge in [0.1, 0.15) is 0 Å². The van der Waals surface area contributed by atoms with E-state index in [0.717, 1.165) is 13.0 Å². The van der Waals surface area contributed by atoms with Crippen LogP contribution in [0.2, 0.25) is 0 Å². The molecule has 0 fully saturated rings. The van der Waals surface area contributed by atoms with E-state index in [0.29, 0.717) is 6.42 Å². The Bertz CT molecular complexity index is 391. The van der Waals surface area contributed by atoms with Gasteiger partial charge in [0, 0.05) is 18.7 Å². The van der Waals surface area contributed by atoms with Crippen LogP contribution in [-0.4, -0.2) is 6.54 Å². The first kappa shape index (κ1) is 14.6. The molecule has 0 saturated heterocycles. The first-order valence-electron chi connectivity index (χ1n) is 6.99. The van der Waals surface area contributed by atoms with Gasteiger partial charge in [-0.2, -0.15) is 5.26 Å². The highest BCUT2D eigenvalue weighted by Crippen LogP contribution is 2.21. The van der Waals surface area contributed by atoms with Crippen molar-refractivity contribution >= 4 is 5.69 Å². The second-order valence-electron chi connectivity index (χ2n) is 4.75. The third-order valence-electron chi connectivity index (χ3n) is 3.24. The molecule has 1 aromatic carbocycles. The van der Waals surface area contributed by atoms with Gasteiger partial charge in [-0.3, -0.25) is 0 Å². The van der Waals surface area contributed by atoms with Crippen molar-refractivity contribution in [3.8, 4) is 6.07 Å². The summed E-state index contributed by atoms with van der Waals surface area (Å²) in [6.45, 7) is 5.38. The number of benzene rings is 1. The SMILES string of the molecule is CCCCCCNc1cccc(C)c1CCC#N. The van der Waals surface area contributed by atoms with Crippen molar-refractivity contribution in [2.75, 3.05) is 11.9 Å². The summed E-state index contributed by atoms with van der Waals surface area (Å²) in [6, 6.07) is 8.55. The van der Waals surface area contributed by atoms with Gasteiger partial charge in [-0.15, -0.1) is 0 Å². The second kappa shape index (κ2) is 8.58. The molecule has 18 heavy (non-hydrogen) atoms. The Hall–Kier alpha value is -1.49.